The van der Waals surface area contributed by atoms with Crippen LogP contribution in [0.3, 0.4) is 0 Å². The van der Waals surface area contributed by atoms with Gasteiger partial charge in [0.25, 0.3) is 11.5 Å². The van der Waals surface area contributed by atoms with E-state index in [1.54, 1.807) is 0 Å². The Morgan fingerprint density at radius 2 is 2.08 bits per heavy atom. The number of carbonyl (C=O) groups is 1. The van der Waals surface area contributed by atoms with Crippen molar-refractivity contribution in [3.63, 3.8) is 0 Å². The fraction of sp³-hybridized carbons (Fsp3) is 0.333. The normalized spacial score (nSPS) is 19.3. The number of nitrogens with one attached hydrogen (secondary N) is 2. The van der Waals surface area contributed by atoms with Crippen molar-refractivity contribution >= 4 is 17.5 Å². The smallest absolute Gasteiger partial charge is 0.270 e. The molecule has 8 nitrogen and oxygen atoms in total. The summed E-state index contributed by atoms with van der Waals surface area (Å²) in [5, 5.41) is 3.06. The second kappa shape index (κ2) is 5.98. The summed E-state index contributed by atoms with van der Waals surface area (Å²) in [6.45, 7) is 3.82. The maximum Gasteiger partial charge on any atom is 0.270 e. The number of rotatable bonds is 3. The van der Waals surface area contributed by atoms with E-state index in [0.717, 1.165) is 24.1 Å². The Morgan fingerprint density at radius 1 is 1.31 bits per heavy atom. The minimum Gasteiger partial charge on any atom is -0.369 e. The molecule has 0 aliphatic heterocycles. The van der Waals surface area contributed by atoms with Crippen molar-refractivity contribution in [2.75, 3.05) is 5.73 Å². The molecule has 1 aliphatic rings. The Balaban J connectivity index is 1.48. The molecule has 26 heavy (non-hydrogen) atoms. The number of anilines is 1. The zero-order chi connectivity index (χ0) is 18.4. The summed E-state index contributed by atoms with van der Waals surface area (Å²) in [4.78, 5) is 35.3. The van der Waals surface area contributed by atoms with Crippen LogP contribution in [0.4, 0.5) is 5.95 Å². The molecule has 4 N–H and O–H groups in total. The SMILES string of the molecule is Cc1ccc2nc(C)c(C(=O)NC3CC(c4cc(=O)[nH]c(N)n4)C3)n2c1. The zero-order valence-electron chi connectivity index (χ0n) is 14.6. The molecule has 0 unspecified atom stereocenters. The topological polar surface area (TPSA) is 118 Å². The number of H-pyrrole nitrogens is 1. The van der Waals surface area contributed by atoms with Crippen LogP contribution < -0.4 is 16.6 Å². The van der Waals surface area contributed by atoms with Gasteiger partial charge in [0.05, 0.1) is 11.4 Å². The summed E-state index contributed by atoms with van der Waals surface area (Å²) in [5.74, 6) is 0.120. The number of aryl methyl sites for hydroxylation is 2. The van der Waals surface area contributed by atoms with E-state index in [0.29, 0.717) is 17.1 Å². The molecule has 134 valence electrons. The Labute approximate surface area is 149 Å². The van der Waals surface area contributed by atoms with Gasteiger partial charge in [-0.25, -0.2) is 9.97 Å². The third kappa shape index (κ3) is 2.83. The first-order chi connectivity index (χ1) is 12.4. The summed E-state index contributed by atoms with van der Waals surface area (Å²) in [6.07, 6.45) is 3.38. The highest BCUT2D eigenvalue weighted by Gasteiger charge is 2.33. The van der Waals surface area contributed by atoms with Crippen LogP contribution in [-0.2, 0) is 0 Å². The van der Waals surface area contributed by atoms with Gasteiger partial charge in [-0.3, -0.25) is 19.0 Å². The van der Waals surface area contributed by atoms with Crippen LogP contribution in [0, 0.1) is 13.8 Å². The number of carbonyl (C=O) groups excluding carboxylic acids is 1. The monoisotopic (exact) mass is 352 g/mol. The number of nitrogens with zero attached hydrogens (tertiary/aromatic N) is 3. The van der Waals surface area contributed by atoms with E-state index in [2.05, 4.69) is 20.3 Å². The van der Waals surface area contributed by atoms with Crippen molar-refractivity contribution in [1.82, 2.24) is 24.7 Å². The van der Waals surface area contributed by atoms with E-state index in [1.807, 2.05) is 36.6 Å². The standard InChI is InChI=1S/C18H20N6O2/c1-9-3-4-14-20-10(2)16(24(14)8-9)17(26)21-12-5-11(6-12)13-7-15(25)23-18(19)22-13/h3-4,7-8,11-12H,5-6H2,1-2H3,(H,21,26)(H3,19,22,23,25). The van der Waals surface area contributed by atoms with Crippen LogP contribution in [0.2, 0.25) is 0 Å². The zero-order valence-corrected chi connectivity index (χ0v) is 14.6. The van der Waals surface area contributed by atoms with Crippen molar-refractivity contribution in [3.8, 4) is 0 Å². The first-order valence-electron chi connectivity index (χ1n) is 8.53. The number of fused-ring (bicyclic) bond motifs is 1. The van der Waals surface area contributed by atoms with Crippen LogP contribution in [-0.4, -0.2) is 31.3 Å². The van der Waals surface area contributed by atoms with Gasteiger partial charge in [-0.05, 0) is 38.3 Å². The first kappa shape index (κ1) is 16.3. The largest absolute Gasteiger partial charge is 0.369 e. The van der Waals surface area contributed by atoms with Crippen molar-refractivity contribution < 1.29 is 4.79 Å². The number of nitrogen functional groups attached to an aromatic ring is 1. The van der Waals surface area contributed by atoms with Gasteiger partial charge in [0.15, 0.2) is 0 Å². The van der Waals surface area contributed by atoms with Gasteiger partial charge in [0, 0.05) is 24.2 Å². The second-order valence-corrected chi connectivity index (χ2v) is 6.87. The molecule has 0 radical (unpaired) electrons. The van der Waals surface area contributed by atoms with Crippen LogP contribution in [0.1, 0.15) is 46.2 Å². The van der Waals surface area contributed by atoms with Crippen LogP contribution in [0.15, 0.2) is 29.2 Å². The van der Waals surface area contributed by atoms with E-state index < -0.39 is 0 Å². The van der Waals surface area contributed by atoms with Gasteiger partial charge < -0.3 is 11.1 Å². The molecule has 1 aliphatic carbocycles. The minimum absolute atomic E-state index is 0.0459. The molecule has 3 aromatic rings. The fourth-order valence-corrected chi connectivity index (χ4v) is 3.48. The molecule has 1 saturated carbocycles. The molecular formula is C18H20N6O2. The Bertz CT molecular complexity index is 1060. The van der Waals surface area contributed by atoms with Gasteiger partial charge in [0.2, 0.25) is 5.95 Å². The van der Waals surface area contributed by atoms with Gasteiger partial charge >= 0.3 is 0 Å². The molecule has 3 heterocycles. The van der Waals surface area contributed by atoms with Crippen molar-refractivity contribution in [3.05, 3.63) is 57.4 Å². The predicted octanol–water partition coefficient (Wildman–Crippen LogP) is 1.29. The molecule has 1 amide bonds. The maximum absolute atomic E-state index is 12.7. The van der Waals surface area contributed by atoms with E-state index >= 15 is 0 Å². The average molecular weight is 352 g/mol. The highest BCUT2D eigenvalue weighted by atomic mass is 16.2. The summed E-state index contributed by atoms with van der Waals surface area (Å²) in [5.41, 5.74) is 9.10. The number of imidazole rings is 1. The average Bonchev–Trinajstić information content (AvgIpc) is 2.84. The third-order valence-corrected chi connectivity index (χ3v) is 4.83. The minimum atomic E-state index is -0.253. The van der Waals surface area contributed by atoms with E-state index in [9.17, 15) is 9.59 Å². The van der Waals surface area contributed by atoms with Crippen LogP contribution in [0.25, 0.3) is 5.65 Å². The fourth-order valence-electron chi connectivity index (χ4n) is 3.48. The lowest BCUT2D eigenvalue weighted by molar-refractivity contribution is 0.0901. The highest BCUT2D eigenvalue weighted by molar-refractivity contribution is 5.95. The number of hydrogen-bond acceptors (Lipinski definition) is 5. The number of nitrogens with two attached hydrogens (primary N) is 1. The Morgan fingerprint density at radius 3 is 2.81 bits per heavy atom. The Hall–Kier alpha value is -3.16. The molecular weight excluding hydrogens is 332 g/mol. The molecule has 0 aromatic carbocycles. The molecule has 4 rings (SSSR count). The number of aromatic nitrogens is 4. The number of aromatic amines is 1. The number of pyridine rings is 1. The molecule has 0 atom stereocenters. The van der Waals surface area contributed by atoms with E-state index in [1.165, 1.54) is 6.07 Å². The Kier molecular flexibility index (Phi) is 3.75. The third-order valence-electron chi connectivity index (χ3n) is 4.83. The lowest BCUT2D eigenvalue weighted by Crippen LogP contribution is -2.44. The van der Waals surface area contributed by atoms with Gasteiger partial charge in [0.1, 0.15) is 11.3 Å². The first-order valence-corrected chi connectivity index (χ1v) is 8.53. The molecule has 8 heteroatoms. The number of amides is 1. The lowest BCUT2D eigenvalue weighted by atomic mass is 9.78. The quantitative estimate of drug-likeness (QED) is 0.656. The van der Waals surface area contributed by atoms with E-state index in [-0.39, 0.29) is 29.4 Å². The molecule has 0 bridgehead atoms. The number of hydrogen-bond donors (Lipinski definition) is 3. The van der Waals surface area contributed by atoms with Crippen molar-refractivity contribution in [2.24, 2.45) is 0 Å². The van der Waals surface area contributed by atoms with Gasteiger partial charge in [-0.15, -0.1) is 0 Å². The van der Waals surface area contributed by atoms with Gasteiger partial charge in [-0.1, -0.05) is 6.07 Å². The maximum atomic E-state index is 12.7. The van der Waals surface area contributed by atoms with E-state index in [4.69, 9.17) is 5.73 Å². The summed E-state index contributed by atoms with van der Waals surface area (Å²) in [7, 11) is 0. The highest BCUT2D eigenvalue weighted by Crippen LogP contribution is 2.35. The molecule has 0 saturated heterocycles. The van der Waals surface area contributed by atoms with Crippen LogP contribution in [0.5, 0.6) is 0 Å². The van der Waals surface area contributed by atoms with Gasteiger partial charge in [-0.2, -0.15) is 0 Å². The lowest BCUT2D eigenvalue weighted by Gasteiger charge is -2.35. The van der Waals surface area contributed by atoms with Crippen molar-refractivity contribution in [1.29, 1.82) is 0 Å². The predicted molar refractivity (Wildman–Crippen MR) is 97.2 cm³/mol. The summed E-state index contributed by atoms with van der Waals surface area (Å²) < 4.78 is 1.83. The molecule has 0 spiro atoms. The molecule has 3 aromatic heterocycles. The second-order valence-electron chi connectivity index (χ2n) is 6.87. The van der Waals surface area contributed by atoms with Crippen LogP contribution >= 0.6 is 0 Å². The summed E-state index contributed by atoms with van der Waals surface area (Å²) >= 11 is 0. The summed E-state index contributed by atoms with van der Waals surface area (Å²) in [6, 6.07) is 5.39. The van der Waals surface area contributed by atoms with Crippen molar-refractivity contribution in [2.45, 2.75) is 38.6 Å². The molecule has 1 fully saturated rings.